The Kier molecular flexibility index (Phi) is 5.87. The molecule has 10 rings (SSSR count). The molecule has 3 nitrogen and oxygen atoms in total. The van der Waals surface area contributed by atoms with Crippen LogP contribution < -0.4 is 0 Å². The van der Waals surface area contributed by atoms with E-state index in [1.54, 1.807) is 0 Å². The first-order valence-electron chi connectivity index (χ1n) is 16.3. The van der Waals surface area contributed by atoms with Crippen LogP contribution >= 0.6 is 0 Å². The number of hydrogen-bond donors (Lipinski definition) is 0. The zero-order valence-corrected chi connectivity index (χ0v) is 26.0. The zero-order valence-electron chi connectivity index (χ0n) is 26.0. The number of hydrogen-bond acceptors (Lipinski definition) is 2. The molecule has 10 aromatic rings. The number of furan rings is 1. The molecule has 0 atom stereocenters. The molecule has 0 saturated heterocycles. The summed E-state index contributed by atoms with van der Waals surface area (Å²) in [4.78, 5) is 5.31. The molecule has 0 amide bonds. The van der Waals surface area contributed by atoms with E-state index in [4.69, 9.17) is 9.40 Å². The molecule has 0 N–H and O–H groups in total. The first-order chi connectivity index (χ1) is 23.8. The lowest BCUT2D eigenvalue weighted by Crippen LogP contribution is -1.94. The largest absolute Gasteiger partial charge is 0.455 e. The topological polar surface area (TPSA) is 31.0 Å². The van der Waals surface area contributed by atoms with E-state index in [2.05, 4.69) is 168 Å². The highest BCUT2D eigenvalue weighted by atomic mass is 16.3. The molecule has 0 aliphatic carbocycles. The minimum atomic E-state index is 0.862. The van der Waals surface area contributed by atoms with E-state index in [1.165, 1.54) is 27.2 Å². The van der Waals surface area contributed by atoms with Gasteiger partial charge in [0.25, 0.3) is 0 Å². The van der Waals surface area contributed by atoms with Gasteiger partial charge < -0.3 is 8.98 Å². The lowest BCUT2D eigenvalue weighted by atomic mass is 9.96. The quantitative estimate of drug-likeness (QED) is 0.198. The Balaban J connectivity index is 1.24. The SMILES string of the molecule is c1ccc(-c2cc(-c3ccc4c5ccccc5n(-c5ccccc5)c4c3)cc(-c3cccc4oc5c6ccccc6ccc5c34)n2)cc1. The predicted octanol–water partition coefficient (Wildman–Crippen LogP) is 12.2. The summed E-state index contributed by atoms with van der Waals surface area (Å²) in [5, 5.41) is 6.95. The second kappa shape index (κ2) is 10.5. The van der Waals surface area contributed by atoms with Crippen LogP contribution in [0.4, 0.5) is 0 Å². The highest BCUT2D eigenvalue weighted by Crippen LogP contribution is 2.41. The summed E-state index contributed by atoms with van der Waals surface area (Å²) in [7, 11) is 0. The van der Waals surface area contributed by atoms with Crippen LogP contribution in [0.15, 0.2) is 174 Å². The summed E-state index contributed by atoms with van der Waals surface area (Å²) < 4.78 is 8.93. The Labute approximate surface area is 277 Å². The third-order valence-corrected chi connectivity index (χ3v) is 9.58. The highest BCUT2D eigenvalue weighted by Gasteiger charge is 2.18. The van der Waals surface area contributed by atoms with E-state index in [0.717, 1.165) is 66.7 Å². The number of para-hydroxylation sites is 2. The van der Waals surface area contributed by atoms with Gasteiger partial charge in [0.1, 0.15) is 11.2 Å². The average Bonchev–Trinajstić information content (AvgIpc) is 3.71. The Bertz CT molecular complexity index is 2830. The van der Waals surface area contributed by atoms with E-state index < -0.39 is 0 Å². The molecule has 3 heteroatoms. The molecule has 224 valence electrons. The summed E-state index contributed by atoms with van der Waals surface area (Å²) in [5.74, 6) is 0. The summed E-state index contributed by atoms with van der Waals surface area (Å²) in [6, 6.07) is 60.1. The van der Waals surface area contributed by atoms with Gasteiger partial charge >= 0.3 is 0 Å². The molecule has 0 fully saturated rings. The molecule has 0 aliphatic heterocycles. The third kappa shape index (κ3) is 4.11. The number of nitrogens with zero attached hydrogens (tertiary/aromatic N) is 2. The van der Waals surface area contributed by atoms with Crippen LogP contribution in [-0.4, -0.2) is 9.55 Å². The van der Waals surface area contributed by atoms with Crippen LogP contribution in [-0.2, 0) is 0 Å². The Hall–Kier alpha value is -6.45. The summed E-state index contributed by atoms with van der Waals surface area (Å²) in [6.07, 6.45) is 0. The molecule has 3 aromatic heterocycles. The second-order valence-electron chi connectivity index (χ2n) is 12.4. The number of rotatable bonds is 4. The molecule has 0 spiro atoms. The molecular formula is C45H28N2O. The van der Waals surface area contributed by atoms with E-state index in [0.29, 0.717) is 0 Å². The maximum Gasteiger partial charge on any atom is 0.143 e. The van der Waals surface area contributed by atoms with Gasteiger partial charge in [-0.25, -0.2) is 4.98 Å². The zero-order chi connectivity index (χ0) is 31.6. The molecule has 0 aliphatic rings. The number of benzene rings is 7. The van der Waals surface area contributed by atoms with Crippen molar-refractivity contribution in [2.24, 2.45) is 0 Å². The number of aromatic nitrogens is 2. The van der Waals surface area contributed by atoms with E-state index in [9.17, 15) is 0 Å². The Morgan fingerprint density at radius 3 is 2.02 bits per heavy atom. The molecule has 48 heavy (non-hydrogen) atoms. The van der Waals surface area contributed by atoms with Gasteiger partial charge in [0, 0.05) is 43.7 Å². The van der Waals surface area contributed by atoms with Gasteiger partial charge in [0.2, 0.25) is 0 Å². The molecular weight excluding hydrogens is 585 g/mol. The van der Waals surface area contributed by atoms with Gasteiger partial charge in [-0.1, -0.05) is 121 Å². The Morgan fingerprint density at radius 1 is 0.438 bits per heavy atom. The van der Waals surface area contributed by atoms with Crippen molar-refractivity contribution in [1.29, 1.82) is 0 Å². The van der Waals surface area contributed by atoms with Crippen molar-refractivity contribution < 1.29 is 4.42 Å². The van der Waals surface area contributed by atoms with Gasteiger partial charge in [-0.3, -0.25) is 0 Å². The first kappa shape index (κ1) is 26.7. The minimum absolute atomic E-state index is 0.862. The van der Waals surface area contributed by atoms with Crippen molar-refractivity contribution in [2.45, 2.75) is 0 Å². The molecule has 3 heterocycles. The maximum atomic E-state index is 6.56. The van der Waals surface area contributed by atoms with Gasteiger partial charge in [-0.05, 0) is 65.0 Å². The smallest absolute Gasteiger partial charge is 0.143 e. The van der Waals surface area contributed by atoms with Gasteiger partial charge in [-0.2, -0.15) is 0 Å². The number of pyridine rings is 1. The average molecular weight is 613 g/mol. The standard InChI is InChI=1S/C45H28N2O/c1-3-13-30(14-4-1)39-26-32(31-23-24-36-35-18-9-10-20-41(35)47(42(36)28-31)33-15-5-2-6-16-33)27-40(46-39)37-19-11-21-43-44(37)38-25-22-29-12-7-8-17-34(29)45(38)48-43/h1-28H. The minimum Gasteiger partial charge on any atom is -0.455 e. The summed E-state index contributed by atoms with van der Waals surface area (Å²) in [5.41, 5.74) is 11.5. The first-order valence-corrected chi connectivity index (χ1v) is 16.3. The fraction of sp³-hybridized carbons (Fsp3) is 0. The fourth-order valence-electron chi connectivity index (χ4n) is 7.36. The number of fused-ring (bicyclic) bond motifs is 8. The third-order valence-electron chi connectivity index (χ3n) is 9.58. The van der Waals surface area contributed by atoms with Crippen LogP contribution in [0.1, 0.15) is 0 Å². The second-order valence-corrected chi connectivity index (χ2v) is 12.4. The van der Waals surface area contributed by atoms with Crippen LogP contribution in [0, 0.1) is 0 Å². The lowest BCUT2D eigenvalue weighted by molar-refractivity contribution is 0.673. The van der Waals surface area contributed by atoms with Crippen molar-refractivity contribution in [3.05, 3.63) is 170 Å². The van der Waals surface area contributed by atoms with Crippen LogP contribution in [0.25, 0.3) is 93.8 Å². The Morgan fingerprint density at radius 2 is 1.15 bits per heavy atom. The molecule has 0 unspecified atom stereocenters. The van der Waals surface area contributed by atoms with E-state index in [1.807, 2.05) is 6.07 Å². The van der Waals surface area contributed by atoms with Gasteiger partial charge in [0.15, 0.2) is 0 Å². The van der Waals surface area contributed by atoms with Crippen molar-refractivity contribution in [2.75, 3.05) is 0 Å². The van der Waals surface area contributed by atoms with Crippen molar-refractivity contribution in [3.8, 4) is 39.3 Å². The van der Waals surface area contributed by atoms with Crippen LogP contribution in [0.3, 0.4) is 0 Å². The monoisotopic (exact) mass is 612 g/mol. The summed E-state index contributed by atoms with van der Waals surface area (Å²) >= 11 is 0. The van der Waals surface area contributed by atoms with E-state index in [-0.39, 0.29) is 0 Å². The molecule has 0 bridgehead atoms. The summed E-state index contributed by atoms with van der Waals surface area (Å²) in [6.45, 7) is 0. The van der Waals surface area contributed by atoms with Crippen molar-refractivity contribution in [3.63, 3.8) is 0 Å². The molecule has 0 saturated carbocycles. The highest BCUT2D eigenvalue weighted by molar-refractivity contribution is 6.19. The fourth-order valence-corrected chi connectivity index (χ4v) is 7.36. The molecule has 7 aromatic carbocycles. The lowest BCUT2D eigenvalue weighted by Gasteiger charge is -2.12. The van der Waals surface area contributed by atoms with Crippen LogP contribution in [0.5, 0.6) is 0 Å². The van der Waals surface area contributed by atoms with E-state index >= 15 is 0 Å². The van der Waals surface area contributed by atoms with Crippen LogP contribution in [0.2, 0.25) is 0 Å². The van der Waals surface area contributed by atoms with Crippen molar-refractivity contribution in [1.82, 2.24) is 9.55 Å². The van der Waals surface area contributed by atoms with Crippen molar-refractivity contribution >= 4 is 54.5 Å². The molecule has 0 radical (unpaired) electrons. The maximum absolute atomic E-state index is 6.56. The normalized spacial score (nSPS) is 11.8. The predicted molar refractivity (Wildman–Crippen MR) is 200 cm³/mol. The van der Waals surface area contributed by atoms with Gasteiger partial charge in [0.05, 0.1) is 22.4 Å². The van der Waals surface area contributed by atoms with Gasteiger partial charge in [-0.15, -0.1) is 0 Å².